The number of benzene rings is 2. The fourth-order valence-electron chi connectivity index (χ4n) is 4.08. The summed E-state index contributed by atoms with van der Waals surface area (Å²) in [6, 6.07) is 14.9. The van der Waals surface area contributed by atoms with Gasteiger partial charge in [0.1, 0.15) is 11.6 Å². The van der Waals surface area contributed by atoms with Crippen molar-refractivity contribution >= 4 is 0 Å². The number of ether oxygens (including phenoxy) is 2. The molecule has 0 saturated carbocycles. The van der Waals surface area contributed by atoms with Crippen molar-refractivity contribution in [1.82, 2.24) is 9.13 Å². The zero-order valence-corrected chi connectivity index (χ0v) is 20.7. The molecule has 37 heavy (non-hydrogen) atoms. The average molecular weight is 507 g/mol. The van der Waals surface area contributed by atoms with Crippen LogP contribution in [0.1, 0.15) is 30.7 Å². The number of halogens is 2. The molecule has 0 aliphatic rings. The third kappa shape index (κ3) is 6.14. The minimum Gasteiger partial charge on any atom is -0.488 e. The van der Waals surface area contributed by atoms with E-state index in [2.05, 4.69) is 0 Å². The number of rotatable bonds is 10. The first-order valence-electron chi connectivity index (χ1n) is 12.1. The second kappa shape index (κ2) is 11.7. The normalized spacial score (nSPS) is 10.9. The summed E-state index contributed by atoms with van der Waals surface area (Å²) in [6.45, 7) is 4.28. The van der Waals surface area contributed by atoms with Crippen LogP contribution in [0, 0.1) is 25.5 Å². The molecule has 192 valence electrons. The van der Waals surface area contributed by atoms with Gasteiger partial charge in [-0.05, 0) is 81.6 Å². The Labute approximate surface area is 213 Å². The molecule has 0 atom stereocenters. The fraction of sp³-hybridized carbons (Fsp3) is 0.241. The number of unbranched alkanes of at least 4 members (excludes halogenated alkanes) is 2. The van der Waals surface area contributed by atoms with Crippen LogP contribution >= 0.6 is 0 Å². The molecule has 2 heterocycles. The Morgan fingerprint density at radius 1 is 0.595 bits per heavy atom. The predicted octanol–water partition coefficient (Wildman–Crippen LogP) is 5.51. The van der Waals surface area contributed by atoms with Crippen molar-refractivity contribution in [2.45, 2.75) is 33.1 Å². The van der Waals surface area contributed by atoms with Gasteiger partial charge >= 0.3 is 0 Å². The van der Waals surface area contributed by atoms with Crippen molar-refractivity contribution in [2.24, 2.45) is 0 Å². The Balaban J connectivity index is 1.29. The molecule has 0 radical (unpaired) electrons. The van der Waals surface area contributed by atoms with Gasteiger partial charge in [-0.2, -0.15) is 0 Å². The topological polar surface area (TPSA) is 62.5 Å². The Kier molecular flexibility index (Phi) is 8.18. The maximum Gasteiger partial charge on any atom is 0.223 e. The van der Waals surface area contributed by atoms with Gasteiger partial charge in [0.2, 0.25) is 10.9 Å². The quantitative estimate of drug-likeness (QED) is 0.266. The molecule has 8 heteroatoms. The maximum atomic E-state index is 13.3. The Hall–Kier alpha value is -4.20. The van der Waals surface area contributed by atoms with Gasteiger partial charge in [0.15, 0.2) is 11.5 Å². The Morgan fingerprint density at radius 2 is 0.973 bits per heavy atom. The van der Waals surface area contributed by atoms with Gasteiger partial charge in [0, 0.05) is 35.9 Å². The number of aromatic nitrogens is 2. The molecule has 0 aliphatic carbocycles. The van der Waals surface area contributed by atoms with Crippen LogP contribution in [0.4, 0.5) is 8.78 Å². The molecule has 6 nitrogen and oxygen atoms in total. The molecule has 0 saturated heterocycles. The van der Waals surface area contributed by atoms with E-state index in [-0.39, 0.29) is 34.0 Å². The minimum absolute atomic E-state index is 0.212. The minimum atomic E-state index is -0.330. The maximum absolute atomic E-state index is 13.3. The first-order chi connectivity index (χ1) is 17.8. The standard InChI is InChI=1S/C29H28F2N2O4/c1-20-28(26(34)14-16-32(20)24-10-6-22(30)7-11-24)36-18-4-3-5-19-37-29-21(2)33(17-15-27(29)35)25-12-8-23(31)9-13-25/h6-17H,3-5,18-19H2,1-2H3. The van der Waals surface area contributed by atoms with Gasteiger partial charge in [-0.15, -0.1) is 0 Å². The Morgan fingerprint density at radius 3 is 1.35 bits per heavy atom. The van der Waals surface area contributed by atoms with E-state index in [1.54, 1.807) is 59.6 Å². The molecule has 0 unspecified atom stereocenters. The van der Waals surface area contributed by atoms with Crippen LogP contribution < -0.4 is 20.3 Å². The van der Waals surface area contributed by atoms with Crippen molar-refractivity contribution in [3.63, 3.8) is 0 Å². The molecule has 4 rings (SSSR count). The third-order valence-electron chi connectivity index (χ3n) is 6.07. The lowest BCUT2D eigenvalue weighted by molar-refractivity contribution is 0.273. The van der Waals surface area contributed by atoms with Crippen LogP contribution in [-0.4, -0.2) is 22.3 Å². The summed E-state index contributed by atoms with van der Waals surface area (Å²) in [7, 11) is 0. The lowest BCUT2D eigenvalue weighted by Gasteiger charge is -2.15. The highest BCUT2D eigenvalue weighted by atomic mass is 19.1. The average Bonchev–Trinajstić information content (AvgIpc) is 2.88. The molecule has 0 spiro atoms. The summed E-state index contributed by atoms with van der Waals surface area (Å²) in [5.41, 5.74) is 2.32. The summed E-state index contributed by atoms with van der Waals surface area (Å²) in [6.07, 6.45) is 5.45. The van der Waals surface area contributed by atoms with E-state index < -0.39 is 0 Å². The monoisotopic (exact) mass is 506 g/mol. The molecule has 4 aromatic rings. The molecule has 0 fully saturated rings. The first kappa shape index (κ1) is 25.9. The second-order valence-corrected chi connectivity index (χ2v) is 8.64. The highest BCUT2D eigenvalue weighted by molar-refractivity contribution is 5.40. The van der Waals surface area contributed by atoms with Gasteiger partial charge in [0.25, 0.3) is 0 Å². The highest BCUT2D eigenvalue weighted by Gasteiger charge is 2.12. The number of hydrogen-bond acceptors (Lipinski definition) is 4. The molecule has 0 N–H and O–H groups in total. The second-order valence-electron chi connectivity index (χ2n) is 8.64. The van der Waals surface area contributed by atoms with Gasteiger partial charge < -0.3 is 18.6 Å². The molecule has 2 aromatic carbocycles. The molecular weight excluding hydrogens is 478 g/mol. The lowest BCUT2D eigenvalue weighted by atomic mass is 10.2. The van der Waals surface area contributed by atoms with Crippen molar-refractivity contribution in [1.29, 1.82) is 0 Å². The van der Waals surface area contributed by atoms with Crippen LogP contribution in [0.5, 0.6) is 11.5 Å². The van der Waals surface area contributed by atoms with Crippen LogP contribution in [0.2, 0.25) is 0 Å². The van der Waals surface area contributed by atoms with Crippen LogP contribution in [0.25, 0.3) is 11.4 Å². The summed E-state index contributed by atoms with van der Waals surface area (Å²) in [5, 5.41) is 0. The largest absolute Gasteiger partial charge is 0.488 e. The van der Waals surface area contributed by atoms with Gasteiger partial charge in [0.05, 0.1) is 24.6 Å². The third-order valence-corrected chi connectivity index (χ3v) is 6.07. The van der Waals surface area contributed by atoms with Gasteiger partial charge in [-0.1, -0.05) is 0 Å². The van der Waals surface area contributed by atoms with Crippen molar-refractivity contribution < 1.29 is 18.3 Å². The molecule has 0 amide bonds. The molecular formula is C29H28F2N2O4. The van der Waals surface area contributed by atoms with Crippen LogP contribution in [-0.2, 0) is 0 Å². The predicted molar refractivity (Wildman–Crippen MR) is 138 cm³/mol. The molecule has 0 bridgehead atoms. The summed E-state index contributed by atoms with van der Waals surface area (Å²) >= 11 is 0. The van der Waals surface area contributed by atoms with E-state index in [0.29, 0.717) is 37.4 Å². The lowest BCUT2D eigenvalue weighted by Crippen LogP contribution is -2.15. The number of hydrogen-bond donors (Lipinski definition) is 0. The van der Waals surface area contributed by atoms with Crippen molar-refractivity contribution in [3.05, 3.63) is 117 Å². The zero-order chi connectivity index (χ0) is 26.4. The van der Waals surface area contributed by atoms with E-state index in [0.717, 1.165) is 17.8 Å². The highest BCUT2D eigenvalue weighted by Crippen LogP contribution is 2.19. The van der Waals surface area contributed by atoms with E-state index in [1.807, 2.05) is 0 Å². The van der Waals surface area contributed by atoms with E-state index in [9.17, 15) is 18.4 Å². The SMILES string of the molecule is Cc1c(OCCCCCOc2c(C)n(-c3ccc(F)cc3)ccc2=O)c(=O)ccn1-c1ccc(F)cc1. The van der Waals surface area contributed by atoms with E-state index in [4.69, 9.17) is 9.47 Å². The fourth-order valence-corrected chi connectivity index (χ4v) is 4.08. The van der Waals surface area contributed by atoms with Crippen LogP contribution in [0.3, 0.4) is 0 Å². The molecule has 0 aliphatic heterocycles. The summed E-state index contributed by atoms with van der Waals surface area (Å²) < 4.78 is 41.7. The summed E-state index contributed by atoms with van der Waals surface area (Å²) in [4.78, 5) is 24.7. The Bertz CT molecular complexity index is 1360. The number of nitrogens with zero attached hydrogens (tertiary/aromatic N) is 2. The van der Waals surface area contributed by atoms with Gasteiger partial charge in [-0.25, -0.2) is 8.78 Å². The smallest absolute Gasteiger partial charge is 0.223 e. The van der Waals surface area contributed by atoms with E-state index in [1.165, 1.54) is 36.4 Å². The molecule has 2 aromatic heterocycles. The van der Waals surface area contributed by atoms with Gasteiger partial charge in [-0.3, -0.25) is 9.59 Å². The summed E-state index contributed by atoms with van der Waals surface area (Å²) in [5.74, 6) is -0.124. The van der Waals surface area contributed by atoms with Crippen molar-refractivity contribution in [2.75, 3.05) is 13.2 Å². The first-order valence-corrected chi connectivity index (χ1v) is 12.1. The van der Waals surface area contributed by atoms with Crippen molar-refractivity contribution in [3.8, 4) is 22.9 Å². The number of pyridine rings is 2. The van der Waals surface area contributed by atoms with E-state index >= 15 is 0 Å². The van der Waals surface area contributed by atoms with Crippen LogP contribution in [0.15, 0.2) is 82.6 Å². The zero-order valence-electron chi connectivity index (χ0n) is 20.7.